The van der Waals surface area contributed by atoms with Crippen LogP contribution in [0.25, 0.3) is 0 Å². The van der Waals surface area contributed by atoms with Crippen LogP contribution in [0.2, 0.25) is 5.02 Å². The summed E-state index contributed by atoms with van der Waals surface area (Å²) in [5.74, 6) is 0.739. The number of hydrogen-bond acceptors (Lipinski definition) is 1. The Morgan fingerprint density at radius 2 is 1.39 bits per heavy atom. The lowest BCUT2D eigenvalue weighted by atomic mass is 9.90. The van der Waals surface area contributed by atoms with Crippen LogP contribution in [-0.4, -0.2) is 25.0 Å². The molecule has 104 valence electrons. The second-order valence-electron chi connectivity index (χ2n) is 4.13. The molecule has 2 rings (SSSR count). The van der Waals surface area contributed by atoms with E-state index in [1.54, 1.807) is 0 Å². The number of piperidine rings is 1. The van der Waals surface area contributed by atoms with Crippen molar-refractivity contribution in [2.45, 2.75) is 46.5 Å². The average molecular weight is 270 g/mol. The lowest BCUT2D eigenvalue weighted by molar-refractivity contribution is 0.255. The Morgan fingerprint density at radius 3 is 1.83 bits per heavy atom. The Bertz CT molecular complexity index is 286. The van der Waals surface area contributed by atoms with E-state index in [9.17, 15) is 0 Å². The second-order valence-corrected chi connectivity index (χ2v) is 4.57. The van der Waals surface area contributed by atoms with E-state index in [-0.39, 0.29) is 0 Å². The van der Waals surface area contributed by atoms with Gasteiger partial charge in [-0.15, -0.1) is 0 Å². The quantitative estimate of drug-likeness (QED) is 0.677. The van der Waals surface area contributed by atoms with Crippen LogP contribution in [0.3, 0.4) is 0 Å². The fraction of sp³-hybridized carbons (Fsp3) is 0.625. The molecule has 1 aromatic carbocycles. The molecule has 0 aliphatic carbocycles. The Balaban J connectivity index is 0.000000659. The highest BCUT2D eigenvalue weighted by molar-refractivity contribution is 6.30. The van der Waals surface area contributed by atoms with Gasteiger partial charge in [0.25, 0.3) is 0 Å². The highest BCUT2D eigenvalue weighted by Crippen LogP contribution is 2.27. The minimum atomic E-state index is 0.739. The van der Waals surface area contributed by atoms with Gasteiger partial charge in [0.1, 0.15) is 0 Å². The molecule has 1 aromatic rings. The van der Waals surface area contributed by atoms with Crippen LogP contribution in [-0.2, 0) is 0 Å². The zero-order valence-corrected chi connectivity index (χ0v) is 13.3. The Hall–Kier alpha value is -0.530. The molecule has 0 amide bonds. The molecule has 0 bridgehead atoms. The summed E-state index contributed by atoms with van der Waals surface area (Å²) in [6.07, 6.45) is 2.55. The largest absolute Gasteiger partial charge is 0.306 e. The maximum Gasteiger partial charge on any atom is 0.0406 e. The second kappa shape index (κ2) is 10.4. The van der Waals surface area contributed by atoms with Gasteiger partial charge in [-0.2, -0.15) is 0 Å². The van der Waals surface area contributed by atoms with E-state index in [1.165, 1.54) is 31.5 Å². The molecule has 0 aromatic heterocycles. The van der Waals surface area contributed by atoms with Crippen LogP contribution in [0.15, 0.2) is 24.3 Å². The molecule has 0 saturated carbocycles. The molecule has 1 heterocycles. The first-order valence-corrected chi connectivity index (χ1v) is 7.57. The predicted molar refractivity (Wildman–Crippen MR) is 83.6 cm³/mol. The van der Waals surface area contributed by atoms with E-state index in [4.69, 9.17) is 11.6 Å². The van der Waals surface area contributed by atoms with Crippen LogP contribution in [0.1, 0.15) is 52.0 Å². The van der Waals surface area contributed by atoms with Gasteiger partial charge < -0.3 is 4.90 Å². The number of hydrogen-bond donors (Lipinski definition) is 0. The van der Waals surface area contributed by atoms with Gasteiger partial charge in [-0.1, -0.05) is 51.4 Å². The zero-order chi connectivity index (χ0) is 14.0. The molecule has 0 N–H and O–H groups in total. The molecule has 18 heavy (non-hydrogen) atoms. The summed E-state index contributed by atoms with van der Waals surface area (Å²) in [6.45, 7) is 10.4. The van der Waals surface area contributed by atoms with Crippen molar-refractivity contribution in [3.05, 3.63) is 34.9 Å². The first kappa shape index (κ1) is 17.5. The van der Waals surface area contributed by atoms with Gasteiger partial charge in [0.05, 0.1) is 0 Å². The maximum absolute atomic E-state index is 5.87. The fourth-order valence-electron chi connectivity index (χ4n) is 2.08. The van der Waals surface area contributed by atoms with Gasteiger partial charge in [0, 0.05) is 5.02 Å². The summed E-state index contributed by atoms with van der Waals surface area (Å²) in [7, 11) is 2.19. The van der Waals surface area contributed by atoms with Crippen molar-refractivity contribution < 1.29 is 0 Å². The molecule has 0 atom stereocenters. The van der Waals surface area contributed by atoms with Crippen LogP contribution in [0.5, 0.6) is 0 Å². The van der Waals surface area contributed by atoms with E-state index in [2.05, 4.69) is 24.1 Å². The number of halogens is 1. The molecular weight excluding hydrogens is 242 g/mol. The van der Waals surface area contributed by atoms with Crippen molar-refractivity contribution in [3.63, 3.8) is 0 Å². The van der Waals surface area contributed by atoms with E-state index in [1.807, 2.05) is 39.8 Å². The first-order valence-electron chi connectivity index (χ1n) is 7.20. The maximum atomic E-state index is 5.87. The first-order chi connectivity index (χ1) is 8.75. The Morgan fingerprint density at radius 1 is 0.944 bits per heavy atom. The number of rotatable bonds is 1. The van der Waals surface area contributed by atoms with Crippen molar-refractivity contribution in [3.8, 4) is 0 Å². The van der Waals surface area contributed by atoms with Crippen molar-refractivity contribution in [2.75, 3.05) is 20.1 Å². The number of likely N-dealkylation sites (tertiary alicyclic amines) is 1. The summed E-state index contributed by atoms with van der Waals surface area (Å²) in [4.78, 5) is 2.40. The summed E-state index contributed by atoms with van der Waals surface area (Å²) in [5.41, 5.74) is 1.45. The smallest absolute Gasteiger partial charge is 0.0406 e. The molecule has 1 aliphatic rings. The molecule has 1 saturated heterocycles. The van der Waals surface area contributed by atoms with Gasteiger partial charge in [0.2, 0.25) is 0 Å². The van der Waals surface area contributed by atoms with Crippen molar-refractivity contribution in [1.82, 2.24) is 4.90 Å². The van der Waals surface area contributed by atoms with Gasteiger partial charge in [-0.3, -0.25) is 0 Å². The fourth-order valence-corrected chi connectivity index (χ4v) is 2.20. The third-order valence-corrected chi connectivity index (χ3v) is 3.31. The summed E-state index contributed by atoms with van der Waals surface area (Å²) >= 11 is 5.87. The third-order valence-electron chi connectivity index (χ3n) is 3.06. The third kappa shape index (κ3) is 5.88. The predicted octanol–water partition coefficient (Wildman–Crippen LogP) is 5.20. The number of benzene rings is 1. The van der Waals surface area contributed by atoms with E-state index in [0.717, 1.165) is 10.9 Å². The Labute approximate surface area is 118 Å². The average Bonchev–Trinajstić information content (AvgIpc) is 2.45. The van der Waals surface area contributed by atoms with E-state index in [0.29, 0.717) is 0 Å². The van der Waals surface area contributed by atoms with E-state index < -0.39 is 0 Å². The van der Waals surface area contributed by atoms with Gasteiger partial charge in [-0.05, 0) is 56.6 Å². The molecule has 0 unspecified atom stereocenters. The van der Waals surface area contributed by atoms with Gasteiger partial charge in [-0.25, -0.2) is 0 Å². The van der Waals surface area contributed by atoms with E-state index >= 15 is 0 Å². The zero-order valence-electron chi connectivity index (χ0n) is 12.5. The topological polar surface area (TPSA) is 3.24 Å². The van der Waals surface area contributed by atoms with Crippen molar-refractivity contribution in [2.24, 2.45) is 0 Å². The summed E-state index contributed by atoms with van der Waals surface area (Å²) in [6, 6.07) is 8.32. The van der Waals surface area contributed by atoms with Crippen LogP contribution in [0.4, 0.5) is 0 Å². The molecular formula is C16H28ClN. The normalized spacial score (nSPS) is 16.1. The standard InChI is InChI=1S/C12H16ClN.2C2H6/c1-14-8-6-11(7-9-14)10-2-4-12(13)5-3-10;2*1-2/h2-5,11H,6-9H2,1H3;2*1-2H3. The minimum absolute atomic E-state index is 0.739. The molecule has 0 spiro atoms. The molecule has 2 heteroatoms. The van der Waals surface area contributed by atoms with Crippen LogP contribution >= 0.6 is 11.6 Å². The van der Waals surface area contributed by atoms with Crippen molar-refractivity contribution in [1.29, 1.82) is 0 Å². The SMILES string of the molecule is CC.CC.CN1CCC(c2ccc(Cl)cc2)CC1. The highest BCUT2D eigenvalue weighted by atomic mass is 35.5. The molecule has 0 radical (unpaired) electrons. The Kier molecular flexibility index (Phi) is 10.1. The number of nitrogens with zero attached hydrogens (tertiary/aromatic N) is 1. The van der Waals surface area contributed by atoms with Crippen LogP contribution in [0, 0.1) is 0 Å². The summed E-state index contributed by atoms with van der Waals surface area (Å²) in [5, 5.41) is 0.835. The lowest BCUT2D eigenvalue weighted by Gasteiger charge is -2.29. The van der Waals surface area contributed by atoms with Gasteiger partial charge in [0.15, 0.2) is 0 Å². The monoisotopic (exact) mass is 269 g/mol. The lowest BCUT2D eigenvalue weighted by Crippen LogP contribution is -2.29. The van der Waals surface area contributed by atoms with Crippen molar-refractivity contribution >= 4 is 11.6 Å². The van der Waals surface area contributed by atoms with Gasteiger partial charge >= 0.3 is 0 Å². The minimum Gasteiger partial charge on any atom is -0.306 e. The summed E-state index contributed by atoms with van der Waals surface area (Å²) < 4.78 is 0. The molecule has 1 nitrogen and oxygen atoms in total. The molecule has 1 fully saturated rings. The van der Waals surface area contributed by atoms with Crippen LogP contribution < -0.4 is 0 Å². The highest BCUT2D eigenvalue weighted by Gasteiger charge is 2.17. The molecule has 1 aliphatic heterocycles.